The van der Waals surface area contributed by atoms with Crippen molar-refractivity contribution in [1.29, 1.82) is 0 Å². The van der Waals surface area contributed by atoms with Gasteiger partial charge < -0.3 is 23.8 Å². The fraction of sp³-hybridized carbons (Fsp3) is 0.161. The van der Waals surface area contributed by atoms with Crippen LogP contribution >= 0.6 is 0 Å². The predicted molar refractivity (Wildman–Crippen MR) is 150 cm³/mol. The molecular formula is C31H26N2O5. The van der Waals surface area contributed by atoms with Gasteiger partial charge in [0.05, 0.1) is 30.9 Å². The van der Waals surface area contributed by atoms with E-state index in [2.05, 4.69) is 11.4 Å². The number of nitrogens with one attached hydrogen (secondary N) is 1. The Balaban J connectivity index is 1.70. The molecule has 0 radical (unpaired) electrons. The molecule has 5 aromatic rings. The van der Waals surface area contributed by atoms with Crippen LogP contribution in [0.1, 0.15) is 12.0 Å². The Morgan fingerprint density at radius 2 is 1.68 bits per heavy atom. The highest BCUT2D eigenvalue weighted by atomic mass is 16.5. The van der Waals surface area contributed by atoms with E-state index in [1.165, 1.54) is 13.2 Å². The number of pyridine rings is 1. The van der Waals surface area contributed by atoms with E-state index in [4.69, 9.17) is 13.9 Å². The van der Waals surface area contributed by atoms with E-state index in [1.807, 2.05) is 53.1 Å². The van der Waals surface area contributed by atoms with E-state index < -0.39 is 0 Å². The third kappa shape index (κ3) is 3.88. The van der Waals surface area contributed by atoms with Crippen LogP contribution in [0.5, 0.6) is 11.5 Å². The number of methoxy groups -OCH3 is 2. The number of para-hydroxylation sites is 2. The number of fused-ring (bicyclic) bond motifs is 2. The van der Waals surface area contributed by atoms with Crippen molar-refractivity contribution in [2.75, 3.05) is 27.3 Å². The van der Waals surface area contributed by atoms with E-state index in [-0.39, 0.29) is 16.6 Å². The van der Waals surface area contributed by atoms with Crippen LogP contribution in [0.25, 0.3) is 44.5 Å². The molecule has 0 bridgehead atoms. The van der Waals surface area contributed by atoms with Gasteiger partial charge in [0.2, 0.25) is 0 Å². The summed E-state index contributed by atoms with van der Waals surface area (Å²) in [4.78, 5) is 27.3. The van der Waals surface area contributed by atoms with Gasteiger partial charge >= 0.3 is 0 Å². The number of hydrogen-bond acceptors (Lipinski definition) is 6. The molecule has 0 saturated carbocycles. The molecule has 1 N–H and O–H groups in total. The molecule has 1 aliphatic rings. The molecule has 0 aliphatic carbocycles. The maximum absolute atomic E-state index is 13.7. The molecule has 0 fully saturated rings. The van der Waals surface area contributed by atoms with E-state index >= 15 is 0 Å². The summed E-state index contributed by atoms with van der Waals surface area (Å²) in [6.45, 7) is 1.49. The van der Waals surface area contributed by atoms with Gasteiger partial charge in [-0.25, -0.2) is 0 Å². The van der Waals surface area contributed by atoms with E-state index in [1.54, 1.807) is 25.4 Å². The fourth-order valence-electron chi connectivity index (χ4n) is 5.14. The van der Waals surface area contributed by atoms with Crippen LogP contribution < -0.4 is 25.6 Å². The summed E-state index contributed by atoms with van der Waals surface area (Å²) >= 11 is 0. The summed E-state index contributed by atoms with van der Waals surface area (Å²) in [6.07, 6.45) is 4.55. The summed E-state index contributed by atoms with van der Waals surface area (Å²) in [5.41, 5.74) is 3.48. The molecule has 3 heterocycles. The first-order valence-corrected chi connectivity index (χ1v) is 12.4. The minimum absolute atomic E-state index is 0.189. The molecule has 0 unspecified atom stereocenters. The van der Waals surface area contributed by atoms with Gasteiger partial charge in [-0.2, -0.15) is 0 Å². The average molecular weight is 507 g/mol. The molecule has 0 atom stereocenters. The third-order valence-electron chi connectivity index (χ3n) is 6.97. The molecule has 0 saturated heterocycles. The quantitative estimate of drug-likeness (QED) is 0.355. The minimum Gasteiger partial charge on any atom is -0.496 e. The van der Waals surface area contributed by atoms with Gasteiger partial charge in [-0.1, -0.05) is 36.4 Å². The van der Waals surface area contributed by atoms with Crippen molar-refractivity contribution >= 4 is 27.4 Å². The second kappa shape index (κ2) is 9.68. The van der Waals surface area contributed by atoms with Crippen LogP contribution in [0.3, 0.4) is 0 Å². The van der Waals surface area contributed by atoms with E-state index in [0.717, 1.165) is 29.7 Å². The van der Waals surface area contributed by atoms with E-state index in [0.29, 0.717) is 45.5 Å². The SMILES string of the molecule is COc1cc(OC)c2c(=O)cc(-c3cn(-c4ccccc4)c4ccccc4c3=O)oc2c1C1=CCNCC1. The Bertz CT molecular complexity index is 1830. The van der Waals surface area contributed by atoms with E-state index in [9.17, 15) is 9.59 Å². The standard InChI is InChI=1S/C31H26N2O5/c1-36-26-17-27(37-2)29-24(34)16-25(38-31(29)28(26)19-12-14-32-15-13-19)22-18-33(20-8-4-3-5-9-20)23-11-7-6-10-21(23)30(22)35/h3-12,16-18,32H,13-15H2,1-2H3. The van der Waals surface area contributed by atoms with Crippen molar-refractivity contribution in [1.82, 2.24) is 9.88 Å². The maximum atomic E-state index is 13.7. The molecule has 7 heteroatoms. The Hall–Kier alpha value is -4.62. The molecule has 0 amide bonds. The number of benzene rings is 3. The Morgan fingerprint density at radius 1 is 0.921 bits per heavy atom. The lowest BCUT2D eigenvalue weighted by atomic mass is 9.96. The van der Waals surface area contributed by atoms with Crippen molar-refractivity contribution in [3.63, 3.8) is 0 Å². The van der Waals surface area contributed by atoms with Gasteiger partial charge in [0.15, 0.2) is 16.4 Å². The fourth-order valence-corrected chi connectivity index (χ4v) is 5.14. The van der Waals surface area contributed by atoms with Crippen molar-refractivity contribution in [2.24, 2.45) is 0 Å². The van der Waals surface area contributed by atoms with Gasteiger partial charge in [-0.05, 0) is 42.8 Å². The largest absolute Gasteiger partial charge is 0.496 e. The summed E-state index contributed by atoms with van der Waals surface area (Å²) in [6, 6.07) is 20.3. The molecule has 7 nitrogen and oxygen atoms in total. The summed E-state index contributed by atoms with van der Waals surface area (Å²) in [5.74, 6) is 1.09. The maximum Gasteiger partial charge on any atom is 0.200 e. The number of nitrogens with zero attached hydrogens (tertiary/aromatic N) is 1. The first kappa shape index (κ1) is 23.8. The van der Waals surface area contributed by atoms with Crippen molar-refractivity contribution in [3.05, 3.63) is 105 Å². The molecular weight excluding hydrogens is 480 g/mol. The zero-order valence-corrected chi connectivity index (χ0v) is 21.1. The number of aromatic nitrogens is 1. The average Bonchev–Trinajstić information content (AvgIpc) is 2.97. The van der Waals surface area contributed by atoms with Gasteiger partial charge in [0, 0.05) is 35.9 Å². The molecule has 190 valence electrons. The normalized spacial score (nSPS) is 13.5. The number of hydrogen-bond donors (Lipinski definition) is 1. The van der Waals surface area contributed by atoms with Gasteiger partial charge in [-0.3, -0.25) is 9.59 Å². The smallest absolute Gasteiger partial charge is 0.200 e. The van der Waals surface area contributed by atoms with Crippen LogP contribution in [0, 0.1) is 0 Å². The van der Waals surface area contributed by atoms with Crippen molar-refractivity contribution in [3.8, 4) is 28.5 Å². The molecule has 38 heavy (non-hydrogen) atoms. The van der Waals surface area contributed by atoms with Crippen LogP contribution in [0.4, 0.5) is 0 Å². The predicted octanol–water partition coefficient (Wildman–Crippen LogP) is 5.16. The summed E-state index contributed by atoms with van der Waals surface area (Å²) in [7, 11) is 3.09. The Labute approximate surface area is 218 Å². The second-order valence-corrected chi connectivity index (χ2v) is 9.11. The summed E-state index contributed by atoms with van der Waals surface area (Å²) in [5, 5.41) is 4.15. The first-order chi connectivity index (χ1) is 18.6. The molecule has 6 rings (SSSR count). The van der Waals surface area contributed by atoms with Crippen LogP contribution in [0.15, 0.2) is 93.0 Å². The molecule has 2 aromatic heterocycles. The van der Waals surface area contributed by atoms with Gasteiger partial charge in [0.1, 0.15) is 22.6 Å². The summed E-state index contributed by atoms with van der Waals surface area (Å²) < 4.78 is 19.7. The van der Waals surface area contributed by atoms with Crippen LogP contribution in [-0.4, -0.2) is 31.9 Å². The molecule has 3 aromatic carbocycles. The van der Waals surface area contributed by atoms with Gasteiger partial charge in [-0.15, -0.1) is 0 Å². The molecule has 0 spiro atoms. The second-order valence-electron chi connectivity index (χ2n) is 9.11. The highest BCUT2D eigenvalue weighted by Crippen LogP contribution is 2.41. The first-order valence-electron chi connectivity index (χ1n) is 12.4. The zero-order valence-electron chi connectivity index (χ0n) is 21.1. The monoisotopic (exact) mass is 506 g/mol. The Morgan fingerprint density at radius 3 is 2.42 bits per heavy atom. The highest BCUT2D eigenvalue weighted by Gasteiger charge is 2.24. The Kier molecular flexibility index (Phi) is 6.05. The number of ether oxygens (including phenoxy) is 2. The lowest BCUT2D eigenvalue weighted by Crippen LogP contribution is -2.20. The van der Waals surface area contributed by atoms with Crippen LogP contribution in [0.2, 0.25) is 0 Å². The van der Waals surface area contributed by atoms with Crippen LogP contribution in [-0.2, 0) is 0 Å². The zero-order chi connectivity index (χ0) is 26.2. The minimum atomic E-state index is -0.296. The molecule has 1 aliphatic heterocycles. The van der Waals surface area contributed by atoms with Gasteiger partial charge in [0.25, 0.3) is 0 Å². The van der Waals surface area contributed by atoms with Crippen molar-refractivity contribution in [2.45, 2.75) is 6.42 Å². The lowest BCUT2D eigenvalue weighted by molar-refractivity contribution is 0.395. The number of rotatable bonds is 5. The topological polar surface area (TPSA) is 82.7 Å². The van der Waals surface area contributed by atoms with Crippen molar-refractivity contribution < 1.29 is 13.9 Å². The third-order valence-corrected chi connectivity index (χ3v) is 6.97. The highest BCUT2D eigenvalue weighted by molar-refractivity contribution is 5.97. The lowest BCUT2D eigenvalue weighted by Gasteiger charge is -2.20.